The summed E-state index contributed by atoms with van der Waals surface area (Å²) < 4.78 is 12.4. The SMILES string of the molecule is CC[C@H](C)[C@@H]1NC(=O)[C@@H](Cc2c[nH]c3ccccc23)NC(=O)CN(Cc2ccccn2)CCNC(=O)Cn2nc(Cc3ccc(OC)c(OC)c3)nc2[C@@H](C)NC1=O. The summed E-state index contributed by atoms with van der Waals surface area (Å²) in [5.74, 6) is 0.0244. The van der Waals surface area contributed by atoms with Crippen LogP contribution in [-0.4, -0.2) is 99.2 Å². The fraction of sp³-hybridized carbons (Fsp3) is 0.405. The predicted molar refractivity (Wildman–Crippen MR) is 217 cm³/mol. The number of hydrogen-bond donors (Lipinski definition) is 5. The van der Waals surface area contributed by atoms with E-state index in [4.69, 9.17) is 19.6 Å². The number of rotatable bonds is 10. The number of fused-ring (bicyclic) bond motifs is 2. The molecule has 0 bridgehead atoms. The normalized spacial score (nSPS) is 19.5. The number of para-hydroxylation sites is 1. The van der Waals surface area contributed by atoms with Gasteiger partial charge in [0.25, 0.3) is 0 Å². The second-order valence-corrected chi connectivity index (χ2v) is 14.6. The molecular formula is C42H52N10O6. The van der Waals surface area contributed by atoms with E-state index in [-0.39, 0.29) is 37.9 Å². The van der Waals surface area contributed by atoms with Gasteiger partial charge in [-0.15, -0.1) is 0 Å². The number of pyridine rings is 1. The lowest BCUT2D eigenvalue weighted by molar-refractivity contribution is -0.133. The maximum Gasteiger partial charge on any atom is 0.243 e. The lowest BCUT2D eigenvalue weighted by Gasteiger charge is -2.28. The minimum Gasteiger partial charge on any atom is -0.493 e. The Morgan fingerprint density at radius 2 is 1.69 bits per heavy atom. The second kappa shape index (κ2) is 19.2. The molecule has 5 aromatic rings. The van der Waals surface area contributed by atoms with Crippen LogP contribution in [0, 0.1) is 5.92 Å². The highest BCUT2D eigenvalue weighted by atomic mass is 16.5. The summed E-state index contributed by atoms with van der Waals surface area (Å²) in [6.07, 6.45) is 4.59. The van der Waals surface area contributed by atoms with Crippen LogP contribution >= 0.6 is 0 Å². The van der Waals surface area contributed by atoms with Crippen molar-refractivity contribution < 1.29 is 28.7 Å². The predicted octanol–water partition coefficient (Wildman–Crippen LogP) is 2.83. The van der Waals surface area contributed by atoms with Crippen LogP contribution in [0.5, 0.6) is 11.5 Å². The van der Waals surface area contributed by atoms with Gasteiger partial charge in [0.15, 0.2) is 17.3 Å². The molecule has 4 amide bonds. The monoisotopic (exact) mass is 792 g/mol. The molecule has 1 aliphatic heterocycles. The lowest BCUT2D eigenvalue weighted by atomic mass is 9.96. The number of aromatic nitrogens is 5. The van der Waals surface area contributed by atoms with Gasteiger partial charge in [-0.2, -0.15) is 5.10 Å². The van der Waals surface area contributed by atoms with Gasteiger partial charge in [0, 0.05) is 55.8 Å². The first-order valence-electron chi connectivity index (χ1n) is 19.5. The number of aromatic amines is 1. The molecule has 5 N–H and O–H groups in total. The van der Waals surface area contributed by atoms with Gasteiger partial charge in [-0.1, -0.05) is 50.6 Å². The summed E-state index contributed by atoms with van der Waals surface area (Å²) >= 11 is 0. The Balaban J connectivity index is 1.33. The van der Waals surface area contributed by atoms with E-state index in [0.29, 0.717) is 49.1 Å². The first-order chi connectivity index (χ1) is 28.0. The zero-order chi connectivity index (χ0) is 41.2. The number of nitrogens with one attached hydrogen (secondary N) is 5. The number of ether oxygens (including phenoxy) is 2. The van der Waals surface area contributed by atoms with E-state index in [2.05, 4.69) is 31.2 Å². The molecule has 0 saturated carbocycles. The number of hydrogen-bond acceptors (Lipinski definition) is 10. The van der Waals surface area contributed by atoms with Gasteiger partial charge in [0.1, 0.15) is 24.5 Å². The fourth-order valence-corrected chi connectivity index (χ4v) is 7.06. The Hall–Kier alpha value is -6.29. The third-order valence-corrected chi connectivity index (χ3v) is 10.4. The largest absolute Gasteiger partial charge is 0.493 e. The van der Waals surface area contributed by atoms with Crippen LogP contribution in [0.4, 0.5) is 0 Å². The summed E-state index contributed by atoms with van der Waals surface area (Å²) in [6, 6.07) is 16.1. The molecule has 1 aliphatic rings. The zero-order valence-electron chi connectivity index (χ0n) is 33.6. The second-order valence-electron chi connectivity index (χ2n) is 14.6. The van der Waals surface area contributed by atoms with Crippen molar-refractivity contribution in [3.8, 4) is 11.5 Å². The summed E-state index contributed by atoms with van der Waals surface area (Å²) in [5, 5.41) is 17.6. The smallest absolute Gasteiger partial charge is 0.243 e. The van der Waals surface area contributed by atoms with E-state index < -0.39 is 35.8 Å². The highest BCUT2D eigenvalue weighted by Gasteiger charge is 2.32. The summed E-state index contributed by atoms with van der Waals surface area (Å²) in [7, 11) is 3.13. The maximum absolute atomic E-state index is 14.3. The molecule has 3 aromatic heterocycles. The van der Waals surface area contributed by atoms with E-state index in [9.17, 15) is 19.2 Å². The van der Waals surface area contributed by atoms with E-state index in [1.165, 1.54) is 4.68 Å². The molecule has 0 radical (unpaired) electrons. The van der Waals surface area contributed by atoms with Crippen LogP contribution in [0.1, 0.15) is 61.7 Å². The van der Waals surface area contributed by atoms with Gasteiger partial charge in [-0.25, -0.2) is 9.67 Å². The average Bonchev–Trinajstić information content (AvgIpc) is 3.82. The third kappa shape index (κ3) is 10.4. The molecule has 0 spiro atoms. The van der Waals surface area contributed by atoms with Gasteiger partial charge in [-0.3, -0.25) is 29.1 Å². The molecule has 16 nitrogen and oxygen atoms in total. The van der Waals surface area contributed by atoms with E-state index in [1.54, 1.807) is 33.4 Å². The van der Waals surface area contributed by atoms with Crippen molar-refractivity contribution in [3.05, 3.63) is 102 Å². The molecule has 0 fully saturated rings. The summed E-state index contributed by atoms with van der Waals surface area (Å²) in [5.41, 5.74) is 3.33. The molecule has 0 saturated heterocycles. The van der Waals surface area contributed by atoms with Crippen LogP contribution in [0.25, 0.3) is 10.9 Å². The quantitative estimate of drug-likeness (QED) is 0.140. The number of carbonyl (C=O) groups excluding carboxylic acids is 4. The molecule has 58 heavy (non-hydrogen) atoms. The van der Waals surface area contributed by atoms with E-state index >= 15 is 0 Å². The van der Waals surface area contributed by atoms with Crippen molar-refractivity contribution in [2.24, 2.45) is 5.92 Å². The Morgan fingerprint density at radius 3 is 2.45 bits per heavy atom. The molecule has 0 aliphatic carbocycles. The minimum atomic E-state index is -1.01. The van der Waals surface area contributed by atoms with Crippen molar-refractivity contribution in [3.63, 3.8) is 0 Å². The average molecular weight is 793 g/mol. The number of nitrogens with zero attached hydrogens (tertiary/aromatic N) is 5. The van der Waals surface area contributed by atoms with Gasteiger partial charge in [0.05, 0.1) is 32.5 Å². The van der Waals surface area contributed by atoms with Crippen LogP contribution in [0.2, 0.25) is 0 Å². The van der Waals surface area contributed by atoms with Crippen molar-refractivity contribution >= 4 is 34.5 Å². The molecule has 16 heteroatoms. The molecule has 0 unspecified atom stereocenters. The molecule has 306 valence electrons. The van der Waals surface area contributed by atoms with Gasteiger partial charge in [-0.05, 0) is 54.3 Å². The standard InChI is InChI=1S/C42H52N10O6/c1-6-26(2)39-42(56)46-27(3)40-48-36(20-28-14-15-34(57-4)35(19-28)58-5)50-52(40)25-37(53)44-17-18-51(23-30-11-9-10-16-43-30)24-38(54)47-33(41(55)49-39)21-29-22-45-32-13-8-7-12-31(29)32/h7-16,19,22,26-27,33,39,45H,6,17-18,20-21,23-25H2,1-5H3,(H,44,53)(H,46,56)(H,47,54)(H,49,55)/t26-,27+,33+,39-/m0/s1. The number of amides is 4. The minimum absolute atomic E-state index is 0.0797. The molecule has 4 atom stereocenters. The number of H-pyrrole nitrogens is 1. The Kier molecular flexibility index (Phi) is 13.7. The number of carbonyl (C=O) groups is 4. The number of methoxy groups -OCH3 is 2. The van der Waals surface area contributed by atoms with Crippen LogP contribution in [-0.2, 0) is 45.1 Å². The Labute approximate surface area is 337 Å². The highest BCUT2D eigenvalue weighted by Crippen LogP contribution is 2.28. The molecule has 6 rings (SSSR count). The highest BCUT2D eigenvalue weighted by molar-refractivity contribution is 5.93. The topological polar surface area (TPSA) is 197 Å². The summed E-state index contributed by atoms with van der Waals surface area (Å²) in [6.45, 7) is 6.19. The molecular weight excluding hydrogens is 741 g/mol. The van der Waals surface area contributed by atoms with Crippen molar-refractivity contribution in [1.29, 1.82) is 0 Å². The first-order valence-corrected chi connectivity index (χ1v) is 19.5. The van der Waals surface area contributed by atoms with E-state index in [1.807, 2.05) is 79.5 Å². The third-order valence-electron chi connectivity index (χ3n) is 10.4. The fourth-order valence-electron chi connectivity index (χ4n) is 7.06. The molecule has 4 heterocycles. The molecule has 2 aromatic carbocycles. The Bertz CT molecular complexity index is 2200. The lowest BCUT2D eigenvalue weighted by Crippen LogP contribution is -2.57. The summed E-state index contributed by atoms with van der Waals surface area (Å²) in [4.78, 5) is 70.2. The van der Waals surface area contributed by atoms with Crippen LogP contribution in [0.3, 0.4) is 0 Å². The number of benzene rings is 2. The van der Waals surface area contributed by atoms with Crippen LogP contribution in [0.15, 0.2) is 73.1 Å². The van der Waals surface area contributed by atoms with Gasteiger partial charge in [0.2, 0.25) is 23.6 Å². The van der Waals surface area contributed by atoms with Crippen molar-refractivity contribution in [1.82, 2.24) is 50.9 Å². The first kappa shape index (κ1) is 41.3. The van der Waals surface area contributed by atoms with E-state index in [0.717, 1.165) is 27.7 Å². The van der Waals surface area contributed by atoms with Gasteiger partial charge < -0.3 is 35.7 Å². The van der Waals surface area contributed by atoms with Crippen molar-refractivity contribution in [2.45, 2.75) is 71.2 Å². The Morgan fingerprint density at radius 1 is 0.897 bits per heavy atom. The van der Waals surface area contributed by atoms with Gasteiger partial charge >= 0.3 is 0 Å². The maximum atomic E-state index is 14.3. The van der Waals surface area contributed by atoms with Crippen molar-refractivity contribution in [2.75, 3.05) is 33.9 Å². The zero-order valence-corrected chi connectivity index (χ0v) is 33.6. The van der Waals surface area contributed by atoms with Crippen LogP contribution < -0.4 is 30.7 Å².